The van der Waals surface area contributed by atoms with Crippen molar-refractivity contribution in [2.45, 2.75) is 19.1 Å². The Balaban J connectivity index is 1.26. The average molecular weight is 494 g/mol. The summed E-state index contributed by atoms with van der Waals surface area (Å²) in [4.78, 5) is 6.50. The molecule has 0 saturated carbocycles. The SMILES string of the molecule is NC1=NS(=O)(=O)Nc2cccc(OC[C@H]3CCCN(C(O)c4ccnc(-c5ccccc5)c4)C3)c21. The van der Waals surface area contributed by atoms with Gasteiger partial charge >= 0.3 is 10.2 Å². The van der Waals surface area contributed by atoms with Gasteiger partial charge in [0.25, 0.3) is 0 Å². The largest absolute Gasteiger partial charge is 0.492 e. The molecular formula is C25H27N5O4S. The molecule has 3 aromatic rings. The van der Waals surface area contributed by atoms with Crippen LogP contribution in [0, 0.1) is 5.92 Å². The number of nitrogens with one attached hydrogen (secondary N) is 1. The third kappa shape index (κ3) is 5.14. The van der Waals surface area contributed by atoms with Crippen molar-refractivity contribution in [3.05, 3.63) is 78.0 Å². The summed E-state index contributed by atoms with van der Waals surface area (Å²) in [7, 11) is -3.84. The van der Waals surface area contributed by atoms with Crippen LogP contribution in [-0.2, 0) is 10.2 Å². The lowest BCUT2D eigenvalue weighted by Gasteiger charge is -2.36. The third-order valence-corrected chi connectivity index (χ3v) is 7.18. The number of ether oxygens (including phenoxy) is 1. The second-order valence-electron chi connectivity index (χ2n) is 8.76. The van der Waals surface area contributed by atoms with Gasteiger partial charge in [-0.05, 0) is 42.7 Å². The Morgan fingerprint density at radius 3 is 2.83 bits per heavy atom. The number of hydrogen-bond acceptors (Lipinski definition) is 7. The standard InChI is InChI=1S/C25H27N5O4S/c26-24-23-20(28-35(32,33)29-24)9-4-10-22(23)34-16-17-6-5-13-30(15-17)25(31)19-11-12-27-21(14-19)18-7-2-1-3-8-18/h1-4,7-12,14,17,25,28,31H,5-6,13,15-16H2,(H2,26,29)/t17-,25?/m0/s1. The second-order valence-corrected chi connectivity index (χ2v) is 10.1. The zero-order chi connectivity index (χ0) is 24.4. The molecular weight excluding hydrogens is 466 g/mol. The lowest BCUT2D eigenvalue weighted by atomic mass is 9.97. The van der Waals surface area contributed by atoms with E-state index in [1.54, 1.807) is 24.4 Å². The van der Waals surface area contributed by atoms with Crippen molar-refractivity contribution in [3.8, 4) is 17.0 Å². The van der Waals surface area contributed by atoms with Crippen LogP contribution in [0.1, 0.15) is 30.2 Å². The molecule has 2 aliphatic heterocycles. The van der Waals surface area contributed by atoms with Crippen molar-refractivity contribution in [1.82, 2.24) is 9.88 Å². The minimum absolute atomic E-state index is 0.0954. The summed E-state index contributed by atoms with van der Waals surface area (Å²) in [5.41, 5.74) is 9.34. The summed E-state index contributed by atoms with van der Waals surface area (Å²) in [5, 5.41) is 11.1. The van der Waals surface area contributed by atoms with Crippen LogP contribution in [0.3, 0.4) is 0 Å². The number of nitrogens with zero attached hydrogens (tertiary/aromatic N) is 3. The fraction of sp³-hybridized carbons (Fsp3) is 0.280. The summed E-state index contributed by atoms with van der Waals surface area (Å²) >= 11 is 0. The summed E-state index contributed by atoms with van der Waals surface area (Å²) < 4.78 is 35.6. The van der Waals surface area contributed by atoms with Crippen molar-refractivity contribution in [3.63, 3.8) is 0 Å². The molecule has 0 amide bonds. The van der Waals surface area contributed by atoms with Crippen LogP contribution >= 0.6 is 0 Å². The van der Waals surface area contributed by atoms with Crippen molar-refractivity contribution in [2.24, 2.45) is 16.0 Å². The fourth-order valence-electron chi connectivity index (χ4n) is 4.59. The number of aliphatic hydroxyl groups is 1. The van der Waals surface area contributed by atoms with E-state index in [9.17, 15) is 13.5 Å². The van der Waals surface area contributed by atoms with Crippen LogP contribution in [0.25, 0.3) is 11.3 Å². The number of amidine groups is 1. The van der Waals surface area contributed by atoms with Crippen LogP contribution in [0.2, 0.25) is 0 Å². The van der Waals surface area contributed by atoms with E-state index >= 15 is 0 Å². The molecule has 4 N–H and O–H groups in total. The topological polar surface area (TPSA) is 130 Å². The van der Waals surface area contributed by atoms with E-state index in [2.05, 4.69) is 14.1 Å². The zero-order valence-electron chi connectivity index (χ0n) is 19.0. The number of pyridine rings is 1. The second kappa shape index (κ2) is 9.65. The van der Waals surface area contributed by atoms with Crippen LogP contribution in [0.4, 0.5) is 5.69 Å². The molecule has 2 aromatic carbocycles. The van der Waals surface area contributed by atoms with E-state index in [0.717, 1.165) is 36.2 Å². The Kier molecular flexibility index (Phi) is 6.42. The van der Waals surface area contributed by atoms with Gasteiger partial charge in [0.05, 0.1) is 23.6 Å². The number of rotatable bonds is 6. The molecule has 3 heterocycles. The summed E-state index contributed by atoms with van der Waals surface area (Å²) in [6.45, 7) is 1.85. The Labute approximate surface area is 204 Å². The molecule has 182 valence electrons. The van der Waals surface area contributed by atoms with Gasteiger partial charge in [-0.3, -0.25) is 14.6 Å². The number of likely N-dealkylation sites (tertiary alicyclic amines) is 1. The molecule has 0 spiro atoms. The Bertz CT molecular complexity index is 1350. The average Bonchev–Trinajstić information content (AvgIpc) is 2.87. The highest BCUT2D eigenvalue weighted by molar-refractivity contribution is 7.91. The van der Waals surface area contributed by atoms with Crippen LogP contribution in [0.15, 0.2) is 71.3 Å². The number of aromatic nitrogens is 1. The molecule has 1 saturated heterocycles. The van der Waals surface area contributed by atoms with Crippen molar-refractivity contribution in [2.75, 3.05) is 24.4 Å². The first-order valence-electron chi connectivity index (χ1n) is 11.5. The van der Waals surface area contributed by atoms with E-state index in [1.165, 1.54) is 0 Å². The van der Waals surface area contributed by atoms with Gasteiger partial charge < -0.3 is 15.6 Å². The molecule has 1 unspecified atom stereocenters. The maximum Gasteiger partial charge on any atom is 0.344 e. The van der Waals surface area contributed by atoms with Gasteiger partial charge in [0.2, 0.25) is 0 Å². The van der Waals surface area contributed by atoms with Crippen molar-refractivity contribution >= 4 is 21.7 Å². The third-order valence-electron chi connectivity index (χ3n) is 6.26. The number of fused-ring (bicyclic) bond motifs is 1. The van der Waals surface area contributed by atoms with Crippen LogP contribution in [0.5, 0.6) is 5.75 Å². The monoisotopic (exact) mass is 493 g/mol. The van der Waals surface area contributed by atoms with Gasteiger partial charge in [-0.25, -0.2) is 0 Å². The first-order chi connectivity index (χ1) is 16.9. The highest BCUT2D eigenvalue weighted by atomic mass is 32.2. The molecule has 35 heavy (non-hydrogen) atoms. The first-order valence-corrected chi connectivity index (χ1v) is 12.9. The maximum absolute atomic E-state index is 11.8. The quantitative estimate of drug-likeness (QED) is 0.481. The highest BCUT2D eigenvalue weighted by Gasteiger charge is 2.28. The molecule has 9 nitrogen and oxygen atoms in total. The van der Waals surface area contributed by atoms with E-state index in [4.69, 9.17) is 10.5 Å². The predicted molar refractivity (Wildman–Crippen MR) is 134 cm³/mol. The molecule has 5 rings (SSSR count). The molecule has 2 atom stereocenters. The first kappa shape index (κ1) is 23.3. The van der Waals surface area contributed by atoms with E-state index in [-0.39, 0.29) is 11.8 Å². The number of aliphatic hydroxyl groups excluding tert-OH is 1. The molecule has 0 radical (unpaired) electrons. The number of benzene rings is 2. The zero-order valence-corrected chi connectivity index (χ0v) is 19.9. The number of nitrogens with two attached hydrogens (primary N) is 1. The van der Waals surface area contributed by atoms with Crippen LogP contribution in [-0.4, -0.2) is 48.9 Å². The van der Waals surface area contributed by atoms with Gasteiger partial charge in [0, 0.05) is 30.8 Å². The minimum Gasteiger partial charge on any atom is -0.492 e. The smallest absolute Gasteiger partial charge is 0.344 e. The molecule has 10 heteroatoms. The van der Waals surface area contributed by atoms with E-state index in [1.807, 2.05) is 47.4 Å². The van der Waals surface area contributed by atoms with Crippen LogP contribution < -0.4 is 15.2 Å². The van der Waals surface area contributed by atoms with Gasteiger partial charge in [-0.15, -0.1) is 4.40 Å². The molecule has 0 bridgehead atoms. The summed E-state index contributed by atoms with van der Waals surface area (Å²) in [5.74, 6) is 0.565. The predicted octanol–water partition coefficient (Wildman–Crippen LogP) is 2.91. The normalized spacial score (nSPS) is 20.3. The molecule has 0 aliphatic carbocycles. The lowest BCUT2D eigenvalue weighted by Crippen LogP contribution is -2.40. The number of anilines is 1. The Hall–Kier alpha value is -3.47. The van der Waals surface area contributed by atoms with Gasteiger partial charge in [0.15, 0.2) is 5.84 Å². The van der Waals surface area contributed by atoms with E-state index < -0.39 is 16.4 Å². The van der Waals surface area contributed by atoms with Crippen molar-refractivity contribution < 1.29 is 18.3 Å². The molecule has 1 fully saturated rings. The van der Waals surface area contributed by atoms with Gasteiger partial charge in [-0.1, -0.05) is 36.4 Å². The number of hydrogen-bond donors (Lipinski definition) is 3. The van der Waals surface area contributed by atoms with E-state index in [0.29, 0.717) is 30.2 Å². The number of piperidine rings is 1. The summed E-state index contributed by atoms with van der Waals surface area (Å²) in [6, 6.07) is 18.7. The summed E-state index contributed by atoms with van der Waals surface area (Å²) in [6.07, 6.45) is 2.87. The maximum atomic E-state index is 11.8. The fourth-order valence-corrected chi connectivity index (χ4v) is 5.43. The van der Waals surface area contributed by atoms with Gasteiger partial charge in [0.1, 0.15) is 12.0 Å². The lowest BCUT2D eigenvalue weighted by molar-refractivity contribution is -0.0294. The van der Waals surface area contributed by atoms with Gasteiger partial charge in [-0.2, -0.15) is 8.42 Å². The highest BCUT2D eigenvalue weighted by Crippen LogP contribution is 2.32. The molecule has 1 aromatic heterocycles. The Morgan fingerprint density at radius 1 is 1.17 bits per heavy atom. The molecule has 2 aliphatic rings. The minimum atomic E-state index is -3.84. The van der Waals surface area contributed by atoms with Crippen molar-refractivity contribution in [1.29, 1.82) is 0 Å². The Morgan fingerprint density at radius 2 is 2.00 bits per heavy atom.